The molecule has 0 aromatic carbocycles. The summed E-state index contributed by atoms with van der Waals surface area (Å²) in [5.41, 5.74) is 0. The highest BCUT2D eigenvalue weighted by molar-refractivity contribution is 5.35. The van der Waals surface area contributed by atoms with E-state index in [0.717, 1.165) is 5.82 Å². The van der Waals surface area contributed by atoms with Crippen LogP contribution in [0.15, 0.2) is 18.2 Å². The van der Waals surface area contributed by atoms with Crippen molar-refractivity contribution in [3.05, 3.63) is 18.2 Å². The lowest BCUT2D eigenvalue weighted by Crippen LogP contribution is -2.06. The number of anilines is 1. The molecular weight excluding hydrogens is 164 g/mol. The maximum atomic E-state index is 5.46. The molecule has 0 amide bonds. The summed E-state index contributed by atoms with van der Waals surface area (Å²) in [5.74, 6) is 2.04. The van der Waals surface area contributed by atoms with Gasteiger partial charge in [-0.05, 0) is 12.0 Å². The lowest BCUT2D eigenvalue weighted by atomic mass is 10.2. The maximum absolute atomic E-state index is 5.46. The van der Waals surface area contributed by atoms with Crippen molar-refractivity contribution in [2.75, 3.05) is 19.0 Å². The van der Waals surface area contributed by atoms with Gasteiger partial charge >= 0.3 is 0 Å². The summed E-state index contributed by atoms with van der Waals surface area (Å²) in [7, 11) is 1.84. The van der Waals surface area contributed by atoms with E-state index in [9.17, 15) is 0 Å². The second-order valence-electron chi connectivity index (χ2n) is 3.32. The third kappa shape index (κ3) is 3.32. The maximum Gasteiger partial charge on any atom is 0.215 e. The van der Waals surface area contributed by atoms with E-state index >= 15 is 0 Å². The molecule has 0 aliphatic carbocycles. The molecule has 0 atom stereocenters. The van der Waals surface area contributed by atoms with Gasteiger partial charge in [-0.15, -0.1) is 0 Å². The van der Waals surface area contributed by atoms with Crippen molar-refractivity contribution >= 4 is 5.82 Å². The van der Waals surface area contributed by atoms with Crippen molar-refractivity contribution in [2.24, 2.45) is 5.92 Å². The summed E-state index contributed by atoms with van der Waals surface area (Å²) in [6.07, 6.45) is 0. The van der Waals surface area contributed by atoms with Crippen molar-refractivity contribution < 1.29 is 4.74 Å². The van der Waals surface area contributed by atoms with Gasteiger partial charge in [-0.3, -0.25) is 0 Å². The van der Waals surface area contributed by atoms with Gasteiger partial charge in [0.15, 0.2) is 0 Å². The smallest absolute Gasteiger partial charge is 0.215 e. The highest BCUT2D eigenvalue weighted by Gasteiger charge is 1.98. The van der Waals surface area contributed by atoms with E-state index in [1.807, 2.05) is 25.2 Å². The molecule has 1 heterocycles. The van der Waals surface area contributed by atoms with Crippen LogP contribution in [0, 0.1) is 5.92 Å². The van der Waals surface area contributed by atoms with Gasteiger partial charge in [-0.25, -0.2) is 0 Å². The molecule has 1 aromatic heterocycles. The van der Waals surface area contributed by atoms with Gasteiger partial charge in [-0.2, -0.15) is 4.98 Å². The molecule has 13 heavy (non-hydrogen) atoms. The number of nitrogens with one attached hydrogen (secondary N) is 1. The highest BCUT2D eigenvalue weighted by Crippen LogP contribution is 2.11. The first kappa shape index (κ1) is 9.84. The fraction of sp³-hybridized carbons (Fsp3) is 0.500. The van der Waals surface area contributed by atoms with Gasteiger partial charge < -0.3 is 10.1 Å². The minimum Gasteiger partial charge on any atom is -0.477 e. The topological polar surface area (TPSA) is 34.1 Å². The fourth-order valence-corrected chi connectivity index (χ4v) is 0.886. The number of nitrogens with zero attached hydrogens (tertiary/aromatic N) is 1. The van der Waals surface area contributed by atoms with Crippen LogP contribution in [-0.4, -0.2) is 18.6 Å². The Labute approximate surface area is 79.1 Å². The van der Waals surface area contributed by atoms with Crippen molar-refractivity contribution in [2.45, 2.75) is 13.8 Å². The van der Waals surface area contributed by atoms with Crippen LogP contribution >= 0.6 is 0 Å². The molecular formula is C10H16N2O. The van der Waals surface area contributed by atoms with Gasteiger partial charge in [0, 0.05) is 13.1 Å². The molecule has 0 aliphatic heterocycles. The second kappa shape index (κ2) is 4.70. The van der Waals surface area contributed by atoms with E-state index in [1.54, 1.807) is 0 Å². The van der Waals surface area contributed by atoms with E-state index in [2.05, 4.69) is 24.1 Å². The molecule has 0 radical (unpaired) electrons. The predicted molar refractivity (Wildman–Crippen MR) is 54.1 cm³/mol. The Hall–Kier alpha value is -1.25. The summed E-state index contributed by atoms with van der Waals surface area (Å²) < 4.78 is 5.46. The average Bonchev–Trinajstić information content (AvgIpc) is 2.15. The van der Waals surface area contributed by atoms with E-state index in [4.69, 9.17) is 4.74 Å². The Bertz CT molecular complexity index is 261. The van der Waals surface area contributed by atoms with Crippen LogP contribution in [-0.2, 0) is 0 Å². The van der Waals surface area contributed by atoms with Gasteiger partial charge in [0.2, 0.25) is 5.88 Å². The van der Waals surface area contributed by atoms with Crippen molar-refractivity contribution in [1.82, 2.24) is 4.98 Å². The minimum atomic E-state index is 0.528. The molecule has 0 saturated heterocycles. The SMILES string of the molecule is CNc1cccc(OCC(C)C)n1. The fourth-order valence-electron chi connectivity index (χ4n) is 0.886. The van der Waals surface area contributed by atoms with Gasteiger partial charge in [0.25, 0.3) is 0 Å². The first-order chi connectivity index (χ1) is 6.22. The van der Waals surface area contributed by atoms with Crippen LogP contribution in [0.4, 0.5) is 5.82 Å². The lowest BCUT2D eigenvalue weighted by Gasteiger charge is -2.08. The highest BCUT2D eigenvalue weighted by atomic mass is 16.5. The summed E-state index contributed by atoms with van der Waals surface area (Å²) >= 11 is 0. The number of pyridine rings is 1. The predicted octanol–water partition coefficient (Wildman–Crippen LogP) is 2.16. The van der Waals surface area contributed by atoms with E-state index in [0.29, 0.717) is 18.4 Å². The van der Waals surface area contributed by atoms with E-state index in [1.165, 1.54) is 0 Å². The van der Waals surface area contributed by atoms with E-state index < -0.39 is 0 Å². The largest absolute Gasteiger partial charge is 0.477 e. The molecule has 1 aromatic rings. The molecule has 0 bridgehead atoms. The van der Waals surface area contributed by atoms with Crippen molar-refractivity contribution in [3.63, 3.8) is 0 Å². The zero-order valence-corrected chi connectivity index (χ0v) is 8.37. The summed E-state index contributed by atoms with van der Waals surface area (Å²) in [6, 6.07) is 5.69. The summed E-state index contributed by atoms with van der Waals surface area (Å²) in [6.45, 7) is 4.93. The van der Waals surface area contributed by atoms with Crippen LogP contribution in [0.2, 0.25) is 0 Å². The van der Waals surface area contributed by atoms with E-state index in [-0.39, 0.29) is 0 Å². The zero-order chi connectivity index (χ0) is 9.68. The molecule has 0 fully saturated rings. The first-order valence-corrected chi connectivity index (χ1v) is 4.50. The number of aromatic nitrogens is 1. The third-order valence-corrected chi connectivity index (χ3v) is 1.54. The van der Waals surface area contributed by atoms with Crippen LogP contribution < -0.4 is 10.1 Å². The van der Waals surface area contributed by atoms with Crippen LogP contribution in [0.25, 0.3) is 0 Å². The number of hydrogen-bond acceptors (Lipinski definition) is 3. The molecule has 0 saturated carbocycles. The van der Waals surface area contributed by atoms with Crippen LogP contribution in [0.3, 0.4) is 0 Å². The Morgan fingerprint density at radius 3 is 2.85 bits per heavy atom. The normalized spacial score (nSPS) is 10.2. The van der Waals surface area contributed by atoms with Gasteiger partial charge in [0.1, 0.15) is 5.82 Å². The number of ether oxygens (including phenoxy) is 1. The molecule has 3 heteroatoms. The molecule has 0 spiro atoms. The molecule has 0 aliphatic rings. The first-order valence-electron chi connectivity index (χ1n) is 4.50. The summed E-state index contributed by atoms with van der Waals surface area (Å²) in [4.78, 5) is 4.23. The Morgan fingerprint density at radius 1 is 1.46 bits per heavy atom. The number of rotatable bonds is 4. The van der Waals surface area contributed by atoms with Crippen molar-refractivity contribution in [1.29, 1.82) is 0 Å². The minimum absolute atomic E-state index is 0.528. The van der Waals surface area contributed by atoms with Crippen LogP contribution in [0.5, 0.6) is 5.88 Å². The second-order valence-corrected chi connectivity index (χ2v) is 3.32. The van der Waals surface area contributed by atoms with Gasteiger partial charge in [0.05, 0.1) is 6.61 Å². The zero-order valence-electron chi connectivity index (χ0n) is 8.37. The molecule has 72 valence electrons. The lowest BCUT2D eigenvalue weighted by molar-refractivity contribution is 0.261. The quantitative estimate of drug-likeness (QED) is 0.771. The number of hydrogen-bond donors (Lipinski definition) is 1. The Balaban J connectivity index is 2.56. The monoisotopic (exact) mass is 180 g/mol. The standard InChI is InChI=1S/C10H16N2O/c1-8(2)7-13-10-6-4-5-9(11-3)12-10/h4-6,8H,7H2,1-3H3,(H,11,12). The van der Waals surface area contributed by atoms with Gasteiger partial charge in [-0.1, -0.05) is 19.9 Å². The summed E-state index contributed by atoms with van der Waals surface area (Å²) in [5, 5.41) is 2.96. The molecule has 3 nitrogen and oxygen atoms in total. The Kier molecular flexibility index (Phi) is 3.55. The molecule has 1 N–H and O–H groups in total. The Morgan fingerprint density at radius 2 is 2.23 bits per heavy atom. The third-order valence-electron chi connectivity index (χ3n) is 1.54. The molecule has 1 rings (SSSR count). The molecule has 0 unspecified atom stereocenters. The van der Waals surface area contributed by atoms with Crippen LogP contribution in [0.1, 0.15) is 13.8 Å². The average molecular weight is 180 g/mol. The van der Waals surface area contributed by atoms with Crippen molar-refractivity contribution in [3.8, 4) is 5.88 Å².